The Morgan fingerprint density at radius 3 is 2.14 bits per heavy atom. The number of imide groups is 1. The molecule has 1 saturated heterocycles. The molecule has 3 rings (SSSR count). The number of carbonyl (C=O) groups is 6. The number of carbonyl (C=O) groups excluding carboxylic acids is 6. The molecule has 14 nitrogen and oxygen atoms in total. The molecule has 0 radical (unpaired) electrons. The van der Waals surface area contributed by atoms with Gasteiger partial charge in [0.1, 0.15) is 12.6 Å². The van der Waals surface area contributed by atoms with Gasteiger partial charge in [0.25, 0.3) is 11.8 Å². The number of ether oxygens (including phenoxy) is 1. The highest BCUT2D eigenvalue weighted by molar-refractivity contribution is 6.12. The maximum atomic E-state index is 13.6. The minimum Gasteiger partial charge on any atom is -0.445 e. The van der Waals surface area contributed by atoms with Crippen LogP contribution < -0.4 is 27.0 Å². The third-order valence-corrected chi connectivity index (χ3v) is 9.38. The number of benzene rings is 1. The van der Waals surface area contributed by atoms with Crippen LogP contribution in [0.2, 0.25) is 0 Å². The third kappa shape index (κ3) is 13.3. The zero-order chi connectivity index (χ0) is 37.7. The summed E-state index contributed by atoms with van der Waals surface area (Å²) in [5.74, 6) is -0.899. The van der Waals surface area contributed by atoms with Gasteiger partial charge in [-0.2, -0.15) is 0 Å². The molecule has 282 valence electrons. The van der Waals surface area contributed by atoms with E-state index >= 15 is 0 Å². The summed E-state index contributed by atoms with van der Waals surface area (Å²) in [7, 11) is 0. The second-order valence-corrected chi connectivity index (χ2v) is 15.0. The minimum absolute atomic E-state index is 0.00369. The number of unbranched alkanes of at least 4 members (excludes halogenated alkanes) is 2. The molecular weight excluding hydrogens is 654 g/mol. The van der Waals surface area contributed by atoms with Gasteiger partial charge in [-0.05, 0) is 67.6 Å². The average molecular weight is 712 g/mol. The van der Waals surface area contributed by atoms with E-state index in [1.165, 1.54) is 17.1 Å². The van der Waals surface area contributed by atoms with Gasteiger partial charge in [0.2, 0.25) is 11.8 Å². The van der Waals surface area contributed by atoms with Gasteiger partial charge in [-0.25, -0.2) is 9.59 Å². The predicted molar refractivity (Wildman–Crippen MR) is 194 cm³/mol. The molecule has 1 aromatic rings. The van der Waals surface area contributed by atoms with E-state index in [-0.39, 0.29) is 60.8 Å². The molecule has 0 aliphatic carbocycles. The number of nitrogens with two attached hydrogens (primary N) is 1. The van der Waals surface area contributed by atoms with Crippen molar-refractivity contribution in [3.63, 3.8) is 0 Å². The van der Waals surface area contributed by atoms with E-state index in [9.17, 15) is 28.8 Å². The molecule has 2 heterocycles. The summed E-state index contributed by atoms with van der Waals surface area (Å²) in [6.45, 7) is 14.5. The van der Waals surface area contributed by atoms with Crippen molar-refractivity contribution in [1.29, 1.82) is 0 Å². The highest BCUT2D eigenvalue weighted by atomic mass is 16.6. The number of hydrogen-bond donors (Lipinski definition) is 5. The Morgan fingerprint density at radius 2 is 1.55 bits per heavy atom. The zero-order valence-electron chi connectivity index (χ0n) is 31.0. The van der Waals surface area contributed by atoms with E-state index in [1.807, 2.05) is 20.8 Å². The van der Waals surface area contributed by atoms with Crippen molar-refractivity contribution in [2.75, 3.05) is 31.5 Å². The molecule has 0 aromatic heterocycles. The predicted octanol–water partition coefficient (Wildman–Crippen LogP) is 3.66. The summed E-state index contributed by atoms with van der Waals surface area (Å²) < 4.78 is 5.48. The van der Waals surface area contributed by atoms with Crippen LogP contribution in [0.5, 0.6) is 0 Å². The molecule has 3 atom stereocenters. The van der Waals surface area contributed by atoms with Crippen LogP contribution in [0, 0.1) is 17.3 Å². The van der Waals surface area contributed by atoms with Gasteiger partial charge in [0.05, 0.1) is 6.04 Å². The van der Waals surface area contributed by atoms with Crippen molar-refractivity contribution >= 4 is 41.4 Å². The Balaban J connectivity index is 1.50. The van der Waals surface area contributed by atoms with E-state index < -0.39 is 24.0 Å². The number of nitrogens with one attached hydrogen (secondary N) is 4. The lowest BCUT2D eigenvalue weighted by Crippen LogP contribution is -2.55. The molecule has 0 saturated carbocycles. The molecule has 1 unspecified atom stereocenters. The molecule has 7 amide bonds. The Kier molecular flexibility index (Phi) is 15.4. The van der Waals surface area contributed by atoms with Crippen LogP contribution in [0.15, 0.2) is 36.4 Å². The molecule has 14 heteroatoms. The van der Waals surface area contributed by atoms with Gasteiger partial charge in [-0.3, -0.25) is 24.1 Å². The second-order valence-electron chi connectivity index (χ2n) is 15.0. The fourth-order valence-electron chi connectivity index (χ4n) is 5.88. The Bertz CT molecular complexity index is 1380. The Morgan fingerprint density at radius 1 is 0.902 bits per heavy atom. The summed E-state index contributed by atoms with van der Waals surface area (Å²) in [6.07, 6.45) is 6.05. The maximum absolute atomic E-state index is 13.6. The standard InChI is InChI=1S/C37H57N7O7/c1-24(2)32(40-25(3)11-8-7-9-20-44-30(45)17-18-31(44)46)34(48)42-29(12-10-19-39-35(38)49)33(47)41-28-15-13-26(14-16-28)23-51-36(50)43-21-27(22-43)37(4,5)6/h13-18,24-25,27,29,32,40H,7-12,19-23H2,1-6H3,(H,41,47)(H,42,48)(H3,38,39,49)/t25?,29-,32-/m0/s1. The topological polar surface area (TPSA) is 192 Å². The summed E-state index contributed by atoms with van der Waals surface area (Å²) in [4.78, 5) is 77.0. The van der Waals surface area contributed by atoms with Crippen molar-refractivity contribution in [2.24, 2.45) is 23.0 Å². The number of primary amides is 1. The lowest BCUT2D eigenvalue weighted by atomic mass is 9.76. The van der Waals surface area contributed by atoms with Crippen LogP contribution in [-0.4, -0.2) is 89.9 Å². The van der Waals surface area contributed by atoms with Crippen molar-refractivity contribution in [1.82, 2.24) is 25.8 Å². The van der Waals surface area contributed by atoms with Crippen LogP contribution in [0.4, 0.5) is 15.3 Å². The average Bonchev–Trinajstić information content (AvgIpc) is 3.35. The number of anilines is 1. The molecule has 0 bridgehead atoms. The van der Waals surface area contributed by atoms with Crippen LogP contribution >= 0.6 is 0 Å². The zero-order valence-corrected chi connectivity index (χ0v) is 31.0. The van der Waals surface area contributed by atoms with Gasteiger partial charge in [0.15, 0.2) is 0 Å². The summed E-state index contributed by atoms with van der Waals surface area (Å²) in [6, 6.07) is 4.84. The van der Waals surface area contributed by atoms with E-state index in [4.69, 9.17) is 10.5 Å². The van der Waals surface area contributed by atoms with Crippen molar-refractivity contribution in [3.8, 4) is 0 Å². The molecule has 51 heavy (non-hydrogen) atoms. The first-order valence-corrected chi connectivity index (χ1v) is 18.0. The third-order valence-electron chi connectivity index (χ3n) is 9.38. The maximum Gasteiger partial charge on any atom is 0.410 e. The van der Waals surface area contributed by atoms with Gasteiger partial charge in [0, 0.05) is 50.1 Å². The fraction of sp³-hybridized carbons (Fsp3) is 0.622. The lowest BCUT2D eigenvalue weighted by molar-refractivity contribution is -0.136. The molecule has 1 aromatic carbocycles. The molecule has 2 aliphatic heterocycles. The van der Waals surface area contributed by atoms with E-state index in [2.05, 4.69) is 42.0 Å². The SMILES string of the molecule is CC(CCCCCN1C(=O)C=CC1=O)N[C@H](C(=O)N[C@@H](CCCNC(N)=O)C(=O)Nc1ccc(COC(=O)N2CC(C(C)(C)C)C2)cc1)C(C)C. The van der Waals surface area contributed by atoms with E-state index in [1.54, 1.807) is 29.2 Å². The number of urea groups is 1. The van der Waals surface area contributed by atoms with Crippen LogP contribution in [0.3, 0.4) is 0 Å². The first-order valence-electron chi connectivity index (χ1n) is 18.0. The minimum atomic E-state index is -0.884. The first kappa shape index (κ1) is 41.0. The van der Waals surface area contributed by atoms with Crippen molar-refractivity contribution in [3.05, 3.63) is 42.0 Å². The number of likely N-dealkylation sites (tertiary alicyclic amines) is 1. The Labute approximate surface area is 301 Å². The number of hydrogen-bond acceptors (Lipinski definition) is 8. The summed E-state index contributed by atoms with van der Waals surface area (Å²) in [5, 5.41) is 11.7. The van der Waals surface area contributed by atoms with E-state index in [0.717, 1.165) is 24.8 Å². The summed E-state index contributed by atoms with van der Waals surface area (Å²) in [5.41, 5.74) is 6.62. The number of rotatable bonds is 19. The van der Waals surface area contributed by atoms with Crippen molar-refractivity contribution < 1.29 is 33.5 Å². The second kappa shape index (κ2) is 19.2. The van der Waals surface area contributed by atoms with E-state index in [0.29, 0.717) is 44.1 Å². The molecule has 6 N–H and O–H groups in total. The monoisotopic (exact) mass is 711 g/mol. The fourth-order valence-corrected chi connectivity index (χ4v) is 5.88. The summed E-state index contributed by atoms with van der Waals surface area (Å²) >= 11 is 0. The normalized spacial score (nSPS) is 16.5. The highest BCUT2D eigenvalue weighted by Crippen LogP contribution is 2.33. The van der Waals surface area contributed by atoms with Crippen LogP contribution in [0.25, 0.3) is 0 Å². The highest BCUT2D eigenvalue weighted by Gasteiger charge is 2.39. The molecule has 0 spiro atoms. The smallest absolute Gasteiger partial charge is 0.410 e. The van der Waals surface area contributed by atoms with Gasteiger partial charge in [-0.1, -0.05) is 59.6 Å². The quantitative estimate of drug-likeness (QED) is 0.106. The van der Waals surface area contributed by atoms with Gasteiger partial charge >= 0.3 is 12.1 Å². The largest absolute Gasteiger partial charge is 0.445 e. The van der Waals surface area contributed by atoms with Crippen LogP contribution in [-0.2, 0) is 30.5 Å². The number of amides is 7. The molecular formula is C37H57N7O7. The Hall–Kier alpha value is -4.46. The molecule has 1 fully saturated rings. The van der Waals surface area contributed by atoms with Crippen molar-refractivity contribution in [2.45, 2.75) is 105 Å². The first-order chi connectivity index (χ1) is 24.0. The number of nitrogens with zero attached hydrogens (tertiary/aromatic N) is 2. The lowest BCUT2D eigenvalue weighted by Gasteiger charge is -2.45. The van der Waals surface area contributed by atoms with Gasteiger partial charge < -0.3 is 36.6 Å². The van der Waals surface area contributed by atoms with Crippen LogP contribution in [0.1, 0.15) is 85.6 Å². The van der Waals surface area contributed by atoms with Gasteiger partial charge in [-0.15, -0.1) is 0 Å². The molecule has 2 aliphatic rings.